The molecule has 15 heavy (non-hydrogen) atoms. The van der Waals surface area contributed by atoms with Crippen LogP contribution >= 0.6 is 0 Å². The van der Waals surface area contributed by atoms with Crippen molar-refractivity contribution < 1.29 is 4.79 Å². The summed E-state index contributed by atoms with van der Waals surface area (Å²) in [4.78, 5) is 12.2. The molecule has 0 saturated heterocycles. The van der Waals surface area contributed by atoms with E-state index in [1.807, 2.05) is 13.1 Å². The number of ketones is 1. The molecule has 1 aliphatic rings. The van der Waals surface area contributed by atoms with E-state index in [0.29, 0.717) is 5.92 Å². The highest BCUT2D eigenvalue weighted by Gasteiger charge is 2.27. The second-order valence-corrected chi connectivity index (χ2v) is 4.67. The fourth-order valence-electron chi connectivity index (χ4n) is 2.50. The number of nitrogens with zero attached hydrogens (tertiary/aromatic N) is 2. The molecular weight excluding hydrogens is 188 g/mol. The van der Waals surface area contributed by atoms with Crippen LogP contribution in [0, 0.1) is 11.8 Å². The monoisotopic (exact) mass is 206 g/mol. The molecule has 2 rings (SSSR count). The summed E-state index contributed by atoms with van der Waals surface area (Å²) < 4.78 is 1.68. The van der Waals surface area contributed by atoms with Gasteiger partial charge in [-0.25, -0.2) is 0 Å². The van der Waals surface area contributed by atoms with Crippen LogP contribution < -0.4 is 0 Å². The Morgan fingerprint density at radius 2 is 2.33 bits per heavy atom. The number of carbonyl (C=O) groups excluding carboxylic acids is 1. The van der Waals surface area contributed by atoms with Crippen molar-refractivity contribution in [3.8, 4) is 0 Å². The Morgan fingerprint density at radius 1 is 1.53 bits per heavy atom. The van der Waals surface area contributed by atoms with Gasteiger partial charge >= 0.3 is 0 Å². The van der Waals surface area contributed by atoms with Crippen LogP contribution in [0.3, 0.4) is 0 Å². The summed E-state index contributed by atoms with van der Waals surface area (Å²) in [6.07, 6.45) is 6.25. The summed E-state index contributed by atoms with van der Waals surface area (Å²) in [5.74, 6) is 1.20. The van der Waals surface area contributed by atoms with E-state index < -0.39 is 0 Å². The lowest BCUT2D eigenvalue weighted by atomic mass is 9.79. The standard InChI is InChI=1S/C12H18N2O/c1-9-4-3-5-10(8-9)12(15)11-6-7-13-14(11)2/h6-7,9-10H,3-5,8H2,1-2H3. The number of aromatic nitrogens is 2. The molecule has 0 amide bonds. The van der Waals surface area contributed by atoms with E-state index in [1.54, 1.807) is 10.9 Å². The van der Waals surface area contributed by atoms with Crippen molar-refractivity contribution in [1.29, 1.82) is 0 Å². The smallest absolute Gasteiger partial charge is 0.183 e. The first kappa shape index (κ1) is 10.4. The van der Waals surface area contributed by atoms with Gasteiger partial charge in [-0.2, -0.15) is 5.10 Å². The number of carbonyl (C=O) groups is 1. The Balaban J connectivity index is 2.11. The zero-order valence-electron chi connectivity index (χ0n) is 9.44. The van der Waals surface area contributed by atoms with Crippen LogP contribution in [0.5, 0.6) is 0 Å². The molecule has 2 atom stereocenters. The first-order valence-electron chi connectivity index (χ1n) is 5.70. The molecule has 1 aromatic rings. The van der Waals surface area contributed by atoms with E-state index in [4.69, 9.17) is 0 Å². The summed E-state index contributed by atoms with van der Waals surface area (Å²) >= 11 is 0. The Morgan fingerprint density at radius 3 is 2.93 bits per heavy atom. The molecule has 0 spiro atoms. The van der Waals surface area contributed by atoms with Gasteiger partial charge in [-0.05, 0) is 24.8 Å². The van der Waals surface area contributed by atoms with Gasteiger partial charge < -0.3 is 0 Å². The molecule has 2 unspecified atom stereocenters. The lowest BCUT2D eigenvalue weighted by molar-refractivity contribution is 0.0858. The highest BCUT2D eigenvalue weighted by Crippen LogP contribution is 2.30. The third-order valence-corrected chi connectivity index (χ3v) is 3.38. The summed E-state index contributed by atoms with van der Waals surface area (Å²) in [5, 5.41) is 4.05. The van der Waals surface area contributed by atoms with Crippen LogP contribution in [0.15, 0.2) is 12.3 Å². The van der Waals surface area contributed by atoms with Crippen LogP contribution in [0.1, 0.15) is 43.1 Å². The van der Waals surface area contributed by atoms with Crippen LogP contribution in [0.4, 0.5) is 0 Å². The molecule has 1 heterocycles. The molecule has 3 heteroatoms. The zero-order valence-corrected chi connectivity index (χ0v) is 9.44. The Bertz CT molecular complexity index is 356. The average Bonchev–Trinajstić information content (AvgIpc) is 2.63. The SMILES string of the molecule is CC1CCCC(C(=O)c2ccnn2C)C1. The minimum absolute atomic E-state index is 0.226. The van der Waals surface area contributed by atoms with Gasteiger partial charge in [0.05, 0.1) is 0 Å². The molecule has 1 aromatic heterocycles. The predicted molar refractivity (Wildman–Crippen MR) is 58.7 cm³/mol. The molecule has 0 bridgehead atoms. The summed E-state index contributed by atoms with van der Waals surface area (Å²) in [6.45, 7) is 2.24. The number of hydrogen-bond donors (Lipinski definition) is 0. The first-order chi connectivity index (χ1) is 7.18. The predicted octanol–water partition coefficient (Wildman–Crippen LogP) is 2.43. The lowest BCUT2D eigenvalue weighted by Crippen LogP contribution is -2.23. The average molecular weight is 206 g/mol. The van der Waals surface area contributed by atoms with Crippen molar-refractivity contribution in [2.24, 2.45) is 18.9 Å². The largest absolute Gasteiger partial charge is 0.292 e. The molecule has 0 radical (unpaired) electrons. The number of rotatable bonds is 2. The number of aryl methyl sites for hydroxylation is 1. The van der Waals surface area contributed by atoms with E-state index in [2.05, 4.69) is 12.0 Å². The van der Waals surface area contributed by atoms with Gasteiger partial charge in [-0.1, -0.05) is 19.8 Å². The third kappa shape index (κ3) is 2.11. The first-order valence-corrected chi connectivity index (χ1v) is 5.70. The van der Waals surface area contributed by atoms with E-state index in [1.165, 1.54) is 12.8 Å². The van der Waals surface area contributed by atoms with Gasteiger partial charge in [0.1, 0.15) is 5.69 Å². The quantitative estimate of drug-likeness (QED) is 0.696. The Kier molecular flexibility index (Phi) is 2.89. The minimum atomic E-state index is 0.226. The van der Waals surface area contributed by atoms with E-state index in [0.717, 1.165) is 18.5 Å². The van der Waals surface area contributed by atoms with Crippen molar-refractivity contribution in [3.05, 3.63) is 18.0 Å². The van der Waals surface area contributed by atoms with Crippen LogP contribution in [-0.2, 0) is 7.05 Å². The fourth-order valence-corrected chi connectivity index (χ4v) is 2.50. The number of hydrogen-bond acceptors (Lipinski definition) is 2. The van der Waals surface area contributed by atoms with Crippen molar-refractivity contribution in [2.45, 2.75) is 32.6 Å². The zero-order chi connectivity index (χ0) is 10.8. The normalized spacial score (nSPS) is 26.5. The maximum atomic E-state index is 12.2. The Hall–Kier alpha value is -1.12. The molecule has 0 aromatic carbocycles. The van der Waals surface area contributed by atoms with Crippen molar-refractivity contribution >= 4 is 5.78 Å². The Labute approximate surface area is 90.5 Å². The molecule has 0 aliphatic heterocycles. The number of Topliss-reactive ketones (excluding diaryl/α,β-unsaturated/α-hetero) is 1. The highest BCUT2D eigenvalue weighted by atomic mass is 16.1. The topological polar surface area (TPSA) is 34.9 Å². The van der Waals surface area contributed by atoms with E-state index in [-0.39, 0.29) is 11.7 Å². The molecule has 1 aliphatic carbocycles. The molecular formula is C12H18N2O. The third-order valence-electron chi connectivity index (χ3n) is 3.38. The lowest BCUT2D eigenvalue weighted by Gasteiger charge is -2.25. The van der Waals surface area contributed by atoms with Gasteiger partial charge in [0.25, 0.3) is 0 Å². The fraction of sp³-hybridized carbons (Fsp3) is 0.667. The van der Waals surface area contributed by atoms with Crippen molar-refractivity contribution in [1.82, 2.24) is 9.78 Å². The second kappa shape index (κ2) is 4.17. The minimum Gasteiger partial charge on any atom is -0.292 e. The van der Waals surface area contributed by atoms with Crippen molar-refractivity contribution in [3.63, 3.8) is 0 Å². The summed E-state index contributed by atoms with van der Waals surface area (Å²) in [6, 6.07) is 1.82. The maximum Gasteiger partial charge on any atom is 0.183 e. The molecule has 82 valence electrons. The van der Waals surface area contributed by atoms with E-state index in [9.17, 15) is 4.79 Å². The highest BCUT2D eigenvalue weighted by molar-refractivity contribution is 5.96. The van der Waals surface area contributed by atoms with Gasteiger partial charge in [-0.3, -0.25) is 9.48 Å². The van der Waals surface area contributed by atoms with Gasteiger partial charge in [0, 0.05) is 19.2 Å². The van der Waals surface area contributed by atoms with E-state index >= 15 is 0 Å². The molecule has 1 fully saturated rings. The van der Waals surface area contributed by atoms with Gasteiger partial charge in [0.15, 0.2) is 5.78 Å². The summed E-state index contributed by atoms with van der Waals surface area (Å²) in [7, 11) is 1.83. The second-order valence-electron chi connectivity index (χ2n) is 4.67. The molecule has 3 nitrogen and oxygen atoms in total. The summed E-state index contributed by atoms with van der Waals surface area (Å²) in [5.41, 5.74) is 0.758. The molecule has 0 N–H and O–H groups in total. The van der Waals surface area contributed by atoms with Crippen LogP contribution in [-0.4, -0.2) is 15.6 Å². The molecule has 1 saturated carbocycles. The van der Waals surface area contributed by atoms with Gasteiger partial charge in [0.2, 0.25) is 0 Å². The van der Waals surface area contributed by atoms with Crippen LogP contribution in [0.25, 0.3) is 0 Å². The van der Waals surface area contributed by atoms with Crippen molar-refractivity contribution in [2.75, 3.05) is 0 Å². The maximum absolute atomic E-state index is 12.2. The van der Waals surface area contributed by atoms with Gasteiger partial charge in [-0.15, -0.1) is 0 Å². The van der Waals surface area contributed by atoms with Crippen LogP contribution in [0.2, 0.25) is 0 Å².